The molecule has 0 aliphatic heterocycles. The molecule has 8 heteroatoms. The largest absolute Gasteiger partial charge is 0.545 e. The minimum absolute atomic E-state index is 0.00657. The first kappa shape index (κ1) is 20.4. The Morgan fingerprint density at radius 3 is 2.59 bits per heavy atom. The number of carbonyl (C=O) groups is 1. The molecular weight excluding hydrogens is 396 g/mol. The van der Waals surface area contributed by atoms with E-state index in [4.69, 9.17) is 21.1 Å². The summed E-state index contributed by atoms with van der Waals surface area (Å²) in [4.78, 5) is 28.3. The Labute approximate surface area is 171 Å². The molecule has 0 fully saturated rings. The van der Waals surface area contributed by atoms with Crippen molar-refractivity contribution in [3.05, 3.63) is 62.5 Å². The van der Waals surface area contributed by atoms with Crippen molar-refractivity contribution >= 4 is 40.8 Å². The number of aromatic carboxylic acids is 1. The fourth-order valence-corrected chi connectivity index (χ4v) is 3.32. The van der Waals surface area contributed by atoms with E-state index in [1.807, 2.05) is 6.92 Å². The molecule has 0 radical (unpaired) electrons. The number of benzene rings is 2. The van der Waals surface area contributed by atoms with E-state index in [1.165, 1.54) is 30.9 Å². The highest BCUT2D eigenvalue weighted by Crippen LogP contribution is 2.36. The van der Waals surface area contributed by atoms with E-state index in [0.29, 0.717) is 39.7 Å². The zero-order valence-corrected chi connectivity index (χ0v) is 16.8. The number of nitrogens with zero attached hydrogens (tertiary/aromatic N) is 2. The first-order valence-corrected chi connectivity index (χ1v) is 9.13. The van der Waals surface area contributed by atoms with Crippen molar-refractivity contribution in [3.63, 3.8) is 0 Å². The monoisotopic (exact) mass is 413 g/mol. The second kappa shape index (κ2) is 8.36. The summed E-state index contributed by atoms with van der Waals surface area (Å²) in [5.41, 5.74) is 1.49. The minimum atomic E-state index is -1.31. The number of halogens is 1. The molecule has 0 atom stereocenters. The number of carbonyl (C=O) groups excluding carboxylic acids is 1. The summed E-state index contributed by atoms with van der Waals surface area (Å²) in [5.74, 6) is -0.436. The van der Waals surface area contributed by atoms with E-state index in [2.05, 4.69) is 4.98 Å². The van der Waals surface area contributed by atoms with Crippen molar-refractivity contribution in [2.45, 2.75) is 13.5 Å². The van der Waals surface area contributed by atoms with Crippen LogP contribution in [0.2, 0.25) is 5.02 Å². The fourth-order valence-electron chi connectivity index (χ4n) is 3.03. The zero-order valence-electron chi connectivity index (χ0n) is 16.1. The number of carboxylic acids is 1. The summed E-state index contributed by atoms with van der Waals surface area (Å²) in [6, 6.07) is 7.73. The Balaban J connectivity index is 2.12. The Morgan fingerprint density at radius 2 is 1.97 bits per heavy atom. The maximum absolute atomic E-state index is 12.8. The van der Waals surface area contributed by atoms with Gasteiger partial charge in [0.15, 0.2) is 11.5 Å². The Morgan fingerprint density at radius 1 is 1.21 bits per heavy atom. The number of carboxylic acid groups (broad SMARTS) is 1. The van der Waals surface area contributed by atoms with Crippen LogP contribution < -0.4 is 20.1 Å². The van der Waals surface area contributed by atoms with Crippen LogP contribution in [0.5, 0.6) is 11.5 Å². The number of methoxy groups -OCH3 is 2. The third-order valence-corrected chi connectivity index (χ3v) is 4.69. The Kier molecular flexibility index (Phi) is 5.89. The van der Waals surface area contributed by atoms with Gasteiger partial charge in [0.25, 0.3) is 5.56 Å². The van der Waals surface area contributed by atoms with Gasteiger partial charge in [-0.25, -0.2) is 4.98 Å². The second-order valence-electron chi connectivity index (χ2n) is 6.11. The number of rotatable bonds is 6. The van der Waals surface area contributed by atoms with Gasteiger partial charge < -0.3 is 23.9 Å². The van der Waals surface area contributed by atoms with Gasteiger partial charge in [-0.3, -0.25) is 4.79 Å². The predicted molar refractivity (Wildman–Crippen MR) is 109 cm³/mol. The van der Waals surface area contributed by atoms with E-state index >= 15 is 0 Å². The van der Waals surface area contributed by atoms with Crippen LogP contribution in [0.25, 0.3) is 23.2 Å². The SMILES string of the molecule is CCn1c(=O)c(/C=C/c2cc(Cl)c(OC)c(OC)c2)nc2cc(C(=O)[O-])ccc21. The molecule has 1 heterocycles. The van der Waals surface area contributed by atoms with E-state index in [9.17, 15) is 14.7 Å². The molecule has 0 bridgehead atoms. The second-order valence-corrected chi connectivity index (χ2v) is 6.52. The summed E-state index contributed by atoms with van der Waals surface area (Å²) >= 11 is 6.22. The molecule has 0 aliphatic carbocycles. The van der Waals surface area contributed by atoms with E-state index < -0.39 is 5.97 Å². The summed E-state index contributed by atoms with van der Waals surface area (Å²) < 4.78 is 12.0. The minimum Gasteiger partial charge on any atom is -0.545 e. The summed E-state index contributed by atoms with van der Waals surface area (Å²) in [6.07, 6.45) is 3.23. The quantitative estimate of drug-likeness (QED) is 0.616. The lowest BCUT2D eigenvalue weighted by molar-refractivity contribution is -0.255. The number of aryl methyl sites for hydroxylation is 1. The van der Waals surface area contributed by atoms with Gasteiger partial charge in [0, 0.05) is 6.54 Å². The number of aromatic nitrogens is 2. The lowest BCUT2D eigenvalue weighted by atomic mass is 10.1. The van der Waals surface area contributed by atoms with Gasteiger partial charge in [-0.1, -0.05) is 23.7 Å². The summed E-state index contributed by atoms with van der Waals surface area (Å²) in [6.45, 7) is 2.24. The highest BCUT2D eigenvalue weighted by Gasteiger charge is 2.11. The van der Waals surface area contributed by atoms with Crippen molar-refractivity contribution in [1.29, 1.82) is 0 Å². The lowest BCUT2D eigenvalue weighted by Crippen LogP contribution is -2.25. The van der Waals surface area contributed by atoms with Crippen LogP contribution in [-0.4, -0.2) is 29.7 Å². The van der Waals surface area contributed by atoms with Crippen LogP contribution in [0.15, 0.2) is 35.1 Å². The highest BCUT2D eigenvalue weighted by molar-refractivity contribution is 6.32. The van der Waals surface area contributed by atoms with Gasteiger partial charge in [0.2, 0.25) is 0 Å². The number of fused-ring (bicyclic) bond motifs is 1. The molecule has 0 amide bonds. The third kappa shape index (κ3) is 3.95. The predicted octanol–water partition coefficient (Wildman–Crippen LogP) is 2.62. The molecule has 0 aliphatic rings. The van der Waals surface area contributed by atoms with Crippen LogP contribution in [0, 0.1) is 0 Å². The smallest absolute Gasteiger partial charge is 0.276 e. The molecule has 1 aromatic heterocycles. The van der Waals surface area contributed by atoms with Crippen molar-refractivity contribution in [3.8, 4) is 11.5 Å². The molecule has 0 unspecified atom stereocenters. The van der Waals surface area contributed by atoms with Crippen molar-refractivity contribution < 1.29 is 19.4 Å². The first-order valence-electron chi connectivity index (χ1n) is 8.75. The Bertz CT molecular complexity index is 1180. The van der Waals surface area contributed by atoms with Crippen molar-refractivity contribution in [2.75, 3.05) is 14.2 Å². The van der Waals surface area contributed by atoms with Crippen molar-refractivity contribution in [1.82, 2.24) is 9.55 Å². The standard InChI is InChI=1S/C21H19ClN2O5/c1-4-24-17-8-6-13(21(26)27)11-16(17)23-15(20(24)25)7-5-12-9-14(22)19(29-3)18(10-12)28-2/h5-11H,4H2,1-3H3,(H,26,27)/p-1/b7-5+. The number of hydrogen-bond acceptors (Lipinski definition) is 6. The maximum Gasteiger partial charge on any atom is 0.276 e. The van der Waals surface area contributed by atoms with Gasteiger partial charge in [-0.2, -0.15) is 0 Å². The molecule has 0 N–H and O–H groups in total. The van der Waals surface area contributed by atoms with Crippen LogP contribution in [0.1, 0.15) is 28.5 Å². The average Bonchev–Trinajstić information content (AvgIpc) is 2.71. The molecule has 3 rings (SSSR count). The molecule has 2 aromatic carbocycles. The molecule has 0 saturated heterocycles. The van der Waals surface area contributed by atoms with Crippen LogP contribution in [-0.2, 0) is 6.54 Å². The van der Waals surface area contributed by atoms with Crippen LogP contribution in [0.3, 0.4) is 0 Å². The normalized spacial score (nSPS) is 11.2. The first-order chi connectivity index (χ1) is 13.9. The summed E-state index contributed by atoms with van der Waals surface area (Å²) in [5, 5.41) is 11.5. The summed E-state index contributed by atoms with van der Waals surface area (Å²) in [7, 11) is 2.99. The van der Waals surface area contributed by atoms with Gasteiger partial charge in [0.1, 0.15) is 5.69 Å². The Hall–Kier alpha value is -3.32. The number of hydrogen-bond donors (Lipinski definition) is 0. The topological polar surface area (TPSA) is 93.5 Å². The van der Waals surface area contributed by atoms with Gasteiger partial charge in [-0.05, 0) is 48.4 Å². The number of ether oxygens (including phenoxy) is 2. The molecule has 3 aromatic rings. The fraction of sp³-hybridized carbons (Fsp3) is 0.190. The van der Waals surface area contributed by atoms with Gasteiger partial charge in [0.05, 0.1) is 36.2 Å². The van der Waals surface area contributed by atoms with E-state index in [-0.39, 0.29) is 16.8 Å². The van der Waals surface area contributed by atoms with Crippen LogP contribution >= 0.6 is 11.6 Å². The highest BCUT2D eigenvalue weighted by atomic mass is 35.5. The molecule has 0 spiro atoms. The molecule has 29 heavy (non-hydrogen) atoms. The van der Waals surface area contributed by atoms with Crippen molar-refractivity contribution in [2.24, 2.45) is 0 Å². The maximum atomic E-state index is 12.8. The van der Waals surface area contributed by atoms with E-state index in [0.717, 1.165) is 0 Å². The van der Waals surface area contributed by atoms with Crippen LogP contribution in [0.4, 0.5) is 0 Å². The molecular formula is C21H18ClN2O5-. The molecule has 150 valence electrons. The van der Waals surface area contributed by atoms with Gasteiger partial charge >= 0.3 is 0 Å². The third-order valence-electron chi connectivity index (χ3n) is 4.41. The average molecular weight is 414 g/mol. The van der Waals surface area contributed by atoms with E-state index in [1.54, 1.807) is 30.4 Å². The lowest BCUT2D eigenvalue weighted by Gasteiger charge is -2.11. The van der Waals surface area contributed by atoms with Gasteiger partial charge in [-0.15, -0.1) is 0 Å². The molecule has 0 saturated carbocycles. The molecule has 7 nitrogen and oxygen atoms in total. The zero-order chi connectivity index (χ0) is 21.1.